The molecule has 1 aliphatic heterocycles. The van der Waals surface area contributed by atoms with E-state index in [4.69, 9.17) is 18.9 Å². The zero-order valence-corrected chi connectivity index (χ0v) is 16.0. The van der Waals surface area contributed by atoms with Crippen LogP contribution in [-0.2, 0) is 9.53 Å². The molecule has 150 valence electrons. The van der Waals surface area contributed by atoms with Gasteiger partial charge in [-0.2, -0.15) is 0 Å². The first-order valence-corrected chi connectivity index (χ1v) is 9.13. The average molecular weight is 381 g/mol. The summed E-state index contributed by atoms with van der Waals surface area (Å²) in [5, 5.41) is 12.0. The predicted octanol–water partition coefficient (Wildman–Crippen LogP) is 2.25. The molecule has 1 heterocycles. The normalized spacial score (nSPS) is 18.8. The van der Waals surface area contributed by atoms with Crippen molar-refractivity contribution < 1.29 is 33.6 Å². The Morgan fingerprint density at radius 3 is 2.15 bits per heavy atom. The van der Waals surface area contributed by atoms with Crippen LogP contribution in [0.4, 0.5) is 0 Å². The third kappa shape index (κ3) is 5.26. The van der Waals surface area contributed by atoms with Crippen LogP contribution >= 0.6 is 0 Å². The van der Waals surface area contributed by atoms with Crippen molar-refractivity contribution in [3.8, 4) is 17.2 Å². The quantitative estimate of drug-likeness (QED) is 0.641. The van der Waals surface area contributed by atoms with Gasteiger partial charge in [-0.05, 0) is 39.3 Å². The summed E-state index contributed by atoms with van der Waals surface area (Å²) < 4.78 is 22.2. The van der Waals surface area contributed by atoms with E-state index in [1.807, 2.05) is 20.8 Å². The smallest absolute Gasteiger partial charge is 0.305 e. The van der Waals surface area contributed by atoms with Gasteiger partial charge in [-0.3, -0.25) is 9.59 Å². The van der Waals surface area contributed by atoms with E-state index < -0.39 is 17.4 Å². The monoisotopic (exact) mass is 381 g/mol. The summed E-state index contributed by atoms with van der Waals surface area (Å²) in [5.41, 5.74) is -0.610. The van der Waals surface area contributed by atoms with Gasteiger partial charge in [0.15, 0.2) is 11.5 Å². The van der Waals surface area contributed by atoms with Gasteiger partial charge in [-0.15, -0.1) is 0 Å². The fraction of sp³-hybridized carbons (Fsp3) is 0.579. The van der Waals surface area contributed by atoms with Gasteiger partial charge in [0, 0.05) is 12.2 Å². The van der Waals surface area contributed by atoms with E-state index in [1.165, 1.54) is 0 Å². The fourth-order valence-electron chi connectivity index (χ4n) is 3.01. The lowest BCUT2D eigenvalue weighted by Crippen LogP contribution is -2.50. The van der Waals surface area contributed by atoms with Gasteiger partial charge in [-0.25, -0.2) is 0 Å². The second-order valence-corrected chi connectivity index (χ2v) is 6.21. The highest BCUT2D eigenvalue weighted by Crippen LogP contribution is 2.39. The molecular weight excluding hydrogens is 354 g/mol. The second kappa shape index (κ2) is 9.45. The van der Waals surface area contributed by atoms with Gasteiger partial charge in [-0.1, -0.05) is 0 Å². The molecule has 8 nitrogen and oxygen atoms in total. The largest absolute Gasteiger partial charge is 0.490 e. The van der Waals surface area contributed by atoms with Crippen molar-refractivity contribution in [2.45, 2.75) is 39.2 Å². The van der Waals surface area contributed by atoms with Crippen molar-refractivity contribution in [1.82, 2.24) is 5.32 Å². The van der Waals surface area contributed by atoms with Gasteiger partial charge in [0.1, 0.15) is 0 Å². The number of nitrogens with one attached hydrogen (secondary N) is 1. The maximum atomic E-state index is 12.9. The predicted molar refractivity (Wildman–Crippen MR) is 97.8 cm³/mol. The highest BCUT2D eigenvalue weighted by molar-refractivity contribution is 5.96. The topological polar surface area (TPSA) is 103 Å². The molecule has 1 aromatic carbocycles. The van der Waals surface area contributed by atoms with Crippen molar-refractivity contribution >= 4 is 11.9 Å². The van der Waals surface area contributed by atoms with Gasteiger partial charge >= 0.3 is 5.97 Å². The Kier molecular flexibility index (Phi) is 7.29. The summed E-state index contributed by atoms with van der Waals surface area (Å²) in [5.74, 6) is -0.137. The number of rotatable bonds is 10. The number of hydrogen-bond donors (Lipinski definition) is 2. The first-order chi connectivity index (χ1) is 12.9. The van der Waals surface area contributed by atoms with Crippen molar-refractivity contribution in [3.05, 3.63) is 17.7 Å². The molecule has 2 N–H and O–H groups in total. The van der Waals surface area contributed by atoms with E-state index >= 15 is 0 Å². The van der Waals surface area contributed by atoms with Gasteiger partial charge in [0.25, 0.3) is 5.91 Å². The molecule has 1 atom stereocenters. The number of aliphatic carboxylic acids is 1. The van der Waals surface area contributed by atoms with Crippen LogP contribution in [0.3, 0.4) is 0 Å². The molecule has 8 heteroatoms. The molecule has 27 heavy (non-hydrogen) atoms. The minimum Gasteiger partial charge on any atom is -0.490 e. The molecule has 1 fully saturated rings. The number of carbonyl (C=O) groups is 2. The van der Waals surface area contributed by atoms with Crippen LogP contribution in [-0.4, -0.2) is 55.6 Å². The van der Waals surface area contributed by atoms with Gasteiger partial charge < -0.3 is 29.4 Å². The van der Waals surface area contributed by atoms with Crippen LogP contribution in [0.15, 0.2) is 12.1 Å². The number of carboxylic acid groups (broad SMARTS) is 1. The zero-order chi connectivity index (χ0) is 19.9. The number of benzene rings is 1. The SMILES string of the molecule is CCOc1cc(C(=O)NC2(CC(=O)O)CCOC2)cc(OCC)c1OCC. The van der Waals surface area contributed by atoms with E-state index in [2.05, 4.69) is 5.32 Å². The lowest BCUT2D eigenvalue weighted by molar-refractivity contribution is -0.138. The maximum Gasteiger partial charge on any atom is 0.305 e. The Morgan fingerprint density at radius 2 is 1.70 bits per heavy atom. The van der Waals surface area contributed by atoms with Crippen LogP contribution in [0.2, 0.25) is 0 Å². The highest BCUT2D eigenvalue weighted by atomic mass is 16.5. The number of hydrogen-bond acceptors (Lipinski definition) is 6. The summed E-state index contributed by atoms with van der Waals surface area (Å²) in [7, 11) is 0. The van der Waals surface area contributed by atoms with Gasteiger partial charge in [0.2, 0.25) is 5.75 Å². The molecule has 0 saturated carbocycles. The maximum absolute atomic E-state index is 12.9. The molecule has 1 unspecified atom stereocenters. The highest BCUT2D eigenvalue weighted by Gasteiger charge is 2.39. The Labute approximate surface area is 158 Å². The number of ether oxygens (including phenoxy) is 4. The van der Waals surface area contributed by atoms with Crippen LogP contribution < -0.4 is 19.5 Å². The standard InChI is InChI=1S/C19H27NO7/c1-4-25-14-9-13(10-15(26-5-2)17(14)27-6-3)18(23)20-19(11-16(21)22)7-8-24-12-19/h9-10H,4-8,11-12H2,1-3H3,(H,20,23)(H,21,22). The van der Waals surface area contributed by atoms with E-state index in [0.717, 1.165) is 0 Å². The third-order valence-electron chi connectivity index (χ3n) is 4.14. The molecule has 0 bridgehead atoms. The van der Waals surface area contributed by atoms with E-state index in [-0.39, 0.29) is 13.0 Å². The Hall–Kier alpha value is -2.48. The molecule has 0 aliphatic carbocycles. The van der Waals surface area contributed by atoms with Crippen molar-refractivity contribution in [2.24, 2.45) is 0 Å². The minimum absolute atomic E-state index is 0.165. The third-order valence-corrected chi connectivity index (χ3v) is 4.14. The number of carboxylic acids is 1. The molecule has 1 saturated heterocycles. The summed E-state index contributed by atoms with van der Waals surface area (Å²) >= 11 is 0. The van der Waals surface area contributed by atoms with Crippen LogP contribution in [0.1, 0.15) is 44.0 Å². The lowest BCUT2D eigenvalue weighted by Gasteiger charge is -2.27. The molecule has 2 rings (SSSR count). The van der Waals surface area contributed by atoms with E-state index in [0.29, 0.717) is 55.7 Å². The summed E-state index contributed by atoms with van der Waals surface area (Å²) in [4.78, 5) is 24.1. The summed E-state index contributed by atoms with van der Waals surface area (Å²) in [6.07, 6.45) is 0.241. The molecule has 0 radical (unpaired) electrons. The molecular formula is C19H27NO7. The van der Waals surface area contributed by atoms with Crippen LogP contribution in [0, 0.1) is 0 Å². The minimum atomic E-state index is -0.988. The summed E-state index contributed by atoms with van der Waals surface area (Å²) in [6.45, 7) is 7.30. The fourth-order valence-corrected chi connectivity index (χ4v) is 3.01. The summed E-state index contributed by atoms with van der Waals surface area (Å²) in [6, 6.07) is 3.16. The second-order valence-electron chi connectivity index (χ2n) is 6.21. The number of carbonyl (C=O) groups excluding carboxylic acids is 1. The Morgan fingerprint density at radius 1 is 1.11 bits per heavy atom. The van der Waals surface area contributed by atoms with Crippen molar-refractivity contribution in [1.29, 1.82) is 0 Å². The molecule has 1 aliphatic rings. The molecule has 1 amide bonds. The van der Waals surface area contributed by atoms with Crippen molar-refractivity contribution in [2.75, 3.05) is 33.0 Å². The first-order valence-electron chi connectivity index (χ1n) is 9.13. The Balaban J connectivity index is 2.35. The molecule has 1 aromatic rings. The average Bonchev–Trinajstić information content (AvgIpc) is 3.05. The number of amides is 1. The zero-order valence-electron chi connectivity index (χ0n) is 16.0. The van der Waals surface area contributed by atoms with Crippen molar-refractivity contribution in [3.63, 3.8) is 0 Å². The van der Waals surface area contributed by atoms with Gasteiger partial charge in [0.05, 0.1) is 38.4 Å². The first kappa shape index (κ1) is 20.8. The molecule has 0 aromatic heterocycles. The van der Waals surface area contributed by atoms with E-state index in [9.17, 15) is 14.7 Å². The van der Waals surface area contributed by atoms with E-state index in [1.54, 1.807) is 12.1 Å². The Bertz CT molecular complexity index is 641. The molecule has 0 spiro atoms. The van der Waals surface area contributed by atoms with Crippen LogP contribution in [0.25, 0.3) is 0 Å². The lowest BCUT2D eigenvalue weighted by atomic mass is 9.93. The van der Waals surface area contributed by atoms with Crippen LogP contribution in [0.5, 0.6) is 17.2 Å².